The first kappa shape index (κ1) is 16.7. The van der Waals surface area contributed by atoms with Gasteiger partial charge in [0.2, 0.25) is 5.91 Å². The van der Waals surface area contributed by atoms with Gasteiger partial charge in [0, 0.05) is 24.8 Å². The Bertz CT molecular complexity index is 715. The Morgan fingerprint density at radius 3 is 2.42 bits per heavy atom. The molecule has 1 aromatic rings. The summed E-state index contributed by atoms with van der Waals surface area (Å²) in [4.78, 5) is 24.6. The molecule has 130 valence electrons. The van der Waals surface area contributed by atoms with E-state index in [9.17, 15) is 14.7 Å². The number of aryl methyl sites for hydroxylation is 1. The molecule has 0 radical (unpaired) electrons. The number of fused-ring (bicyclic) bond motifs is 2. The zero-order valence-electron chi connectivity index (χ0n) is 14.7. The van der Waals surface area contributed by atoms with Crippen LogP contribution in [0.3, 0.4) is 0 Å². The molecular weight excluding hydrogens is 306 g/mol. The maximum Gasteiger partial charge on any atom is 0.307 e. The minimum atomic E-state index is -0.848. The van der Waals surface area contributed by atoms with Crippen molar-refractivity contribution in [1.29, 1.82) is 0 Å². The molecule has 0 unspecified atom stereocenters. The lowest BCUT2D eigenvalue weighted by Crippen LogP contribution is -2.41. The maximum atomic E-state index is 12.8. The summed E-state index contributed by atoms with van der Waals surface area (Å²) in [6.45, 7) is 6.40. The molecule has 2 N–H and O–H groups in total. The number of rotatable bonds is 4. The minimum absolute atomic E-state index is 0.0216. The van der Waals surface area contributed by atoms with Gasteiger partial charge in [0.05, 0.1) is 18.0 Å². The number of aromatic nitrogens is 2. The molecule has 2 aliphatic rings. The van der Waals surface area contributed by atoms with Crippen LogP contribution in [-0.2, 0) is 23.2 Å². The zero-order chi connectivity index (χ0) is 17.6. The van der Waals surface area contributed by atoms with Crippen molar-refractivity contribution < 1.29 is 14.7 Å². The molecule has 2 saturated carbocycles. The molecular formula is C18H25N3O3. The topological polar surface area (TPSA) is 84.2 Å². The number of aliphatic carboxylic acids is 1. The second kappa shape index (κ2) is 6.07. The number of carboxylic acid groups (broad SMARTS) is 1. The average molecular weight is 331 g/mol. The lowest BCUT2D eigenvalue weighted by Gasteiger charge is -2.26. The smallest absolute Gasteiger partial charge is 0.307 e. The van der Waals surface area contributed by atoms with Gasteiger partial charge in [-0.1, -0.05) is 11.1 Å². The van der Waals surface area contributed by atoms with E-state index in [-0.39, 0.29) is 17.7 Å². The lowest BCUT2D eigenvalue weighted by molar-refractivity contribution is -0.149. The first-order valence-electron chi connectivity index (χ1n) is 8.48. The zero-order valence-corrected chi connectivity index (χ0v) is 14.7. The van der Waals surface area contributed by atoms with E-state index in [0.29, 0.717) is 6.54 Å². The molecule has 1 aromatic heterocycles. The van der Waals surface area contributed by atoms with E-state index in [1.54, 1.807) is 10.9 Å². The van der Waals surface area contributed by atoms with Gasteiger partial charge in [0.25, 0.3) is 0 Å². The molecule has 2 fully saturated rings. The Morgan fingerprint density at radius 1 is 1.29 bits per heavy atom. The molecule has 4 atom stereocenters. The van der Waals surface area contributed by atoms with Gasteiger partial charge in [0.1, 0.15) is 0 Å². The number of nitrogens with one attached hydrogen (secondary N) is 1. The van der Waals surface area contributed by atoms with E-state index in [1.807, 2.05) is 27.8 Å². The monoisotopic (exact) mass is 331 g/mol. The van der Waals surface area contributed by atoms with Crippen LogP contribution >= 0.6 is 0 Å². The van der Waals surface area contributed by atoms with Gasteiger partial charge in [-0.15, -0.1) is 0 Å². The number of nitrogens with zero attached hydrogens (tertiary/aromatic N) is 2. The summed E-state index contributed by atoms with van der Waals surface area (Å²) in [5.74, 6) is -1.94. The molecule has 2 bridgehead atoms. The average Bonchev–Trinajstić information content (AvgIpc) is 3.18. The quantitative estimate of drug-likeness (QED) is 0.827. The Balaban J connectivity index is 1.79. The van der Waals surface area contributed by atoms with E-state index in [4.69, 9.17) is 0 Å². The second-order valence-electron chi connectivity index (χ2n) is 7.23. The fourth-order valence-electron chi connectivity index (χ4n) is 4.62. The predicted octanol–water partition coefficient (Wildman–Crippen LogP) is 2.04. The van der Waals surface area contributed by atoms with Crippen molar-refractivity contribution in [2.45, 2.75) is 40.2 Å². The van der Waals surface area contributed by atoms with Crippen LogP contribution in [0.5, 0.6) is 0 Å². The van der Waals surface area contributed by atoms with Gasteiger partial charge in [-0.2, -0.15) is 5.10 Å². The summed E-state index contributed by atoms with van der Waals surface area (Å²) in [5.41, 5.74) is 4.35. The largest absolute Gasteiger partial charge is 0.481 e. The van der Waals surface area contributed by atoms with Gasteiger partial charge in [-0.05, 0) is 45.4 Å². The van der Waals surface area contributed by atoms with Crippen LogP contribution < -0.4 is 5.32 Å². The molecule has 0 aliphatic heterocycles. The van der Waals surface area contributed by atoms with Crippen molar-refractivity contribution in [3.8, 4) is 0 Å². The number of hydrogen-bond donors (Lipinski definition) is 2. The molecule has 1 amide bonds. The highest BCUT2D eigenvalue weighted by atomic mass is 16.4. The van der Waals surface area contributed by atoms with Gasteiger partial charge >= 0.3 is 5.97 Å². The highest BCUT2D eigenvalue weighted by molar-refractivity contribution is 5.87. The second-order valence-corrected chi connectivity index (χ2v) is 7.23. The number of carboxylic acids is 1. The standard InChI is InChI=1S/C18H25N3O3/c1-9(2)14-12-5-6-13(14)16(18(23)24)15(12)17(22)19-7-11-8-20-21(4)10(11)3/h8,12-13,15-16H,5-7H2,1-4H3,(H,19,22)(H,23,24)/t12-,13+,15+,16-/m0/s1. The van der Waals surface area contributed by atoms with E-state index < -0.39 is 17.8 Å². The predicted molar refractivity (Wildman–Crippen MR) is 89.0 cm³/mol. The van der Waals surface area contributed by atoms with Crippen LogP contribution in [0.1, 0.15) is 37.9 Å². The van der Waals surface area contributed by atoms with Gasteiger partial charge in [0.15, 0.2) is 0 Å². The highest BCUT2D eigenvalue weighted by Gasteiger charge is 2.57. The maximum absolute atomic E-state index is 12.8. The summed E-state index contributed by atoms with van der Waals surface area (Å²) in [6.07, 6.45) is 3.54. The van der Waals surface area contributed by atoms with Crippen LogP contribution in [0.2, 0.25) is 0 Å². The van der Waals surface area contributed by atoms with Crippen molar-refractivity contribution >= 4 is 11.9 Å². The SMILES string of the molecule is CC(C)=C1[C@H]2CC[C@@H]1[C@@H](C(=O)NCc1cnn(C)c1C)[C@H]2C(=O)O. The van der Waals surface area contributed by atoms with Crippen molar-refractivity contribution in [3.63, 3.8) is 0 Å². The van der Waals surface area contributed by atoms with E-state index >= 15 is 0 Å². The number of hydrogen-bond acceptors (Lipinski definition) is 3. The van der Waals surface area contributed by atoms with Crippen LogP contribution in [0.4, 0.5) is 0 Å². The number of allylic oxidation sites excluding steroid dienone is 2. The first-order valence-corrected chi connectivity index (χ1v) is 8.48. The normalized spacial score (nSPS) is 28.2. The molecule has 0 saturated heterocycles. The lowest BCUT2D eigenvalue weighted by atomic mass is 9.78. The Labute approximate surface area is 141 Å². The summed E-state index contributed by atoms with van der Waals surface area (Å²) < 4.78 is 1.76. The third-order valence-corrected chi connectivity index (χ3v) is 5.80. The molecule has 0 spiro atoms. The van der Waals surface area contributed by atoms with Crippen LogP contribution in [0, 0.1) is 30.6 Å². The minimum Gasteiger partial charge on any atom is -0.481 e. The van der Waals surface area contributed by atoms with Crippen molar-refractivity contribution in [2.75, 3.05) is 0 Å². The Kier molecular flexibility index (Phi) is 4.24. The van der Waals surface area contributed by atoms with Crippen molar-refractivity contribution in [2.24, 2.45) is 30.7 Å². The summed E-state index contributed by atoms with van der Waals surface area (Å²) in [5, 5.41) is 16.8. The molecule has 6 nitrogen and oxygen atoms in total. The molecule has 3 rings (SSSR count). The summed E-state index contributed by atoms with van der Waals surface area (Å²) >= 11 is 0. The number of carbonyl (C=O) groups is 2. The van der Waals surface area contributed by atoms with Crippen molar-refractivity contribution in [1.82, 2.24) is 15.1 Å². The molecule has 24 heavy (non-hydrogen) atoms. The molecule has 2 aliphatic carbocycles. The van der Waals surface area contributed by atoms with Gasteiger partial charge in [-0.25, -0.2) is 0 Å². The van der Waals surface area contributed by atoms with Crippen LogP contribution in [0.25, 0.3) is 0 Å². The van der Waals surface area contributed by atoms with E-state index in [0.717, 1.165) is 24.1 Å². The van der Waals surface area contributed by atoms with Gasteiger partial charge < -0.3 is 10.4 Å². The van der Waals surface area contributed by atoms with Gasteiger partial charge in [-0.3, -0.25) is 14.3 Å². The molecule has 6 heteroatoms. The van der Waals surface area contributed by atoms with E-state index in [2.05, 4.69) is 10.4 Å². The number of carbonyl (C=O) groups excluding carboxylic acids is 1. The molecule has 1 heterocycles. The fourth-order valence-corrected chi connectivity index (χ4v) is 4.62. The number of amides is 1. The Morgan fingerprint density at radius 2 is 1.92 bits per heavy atom. The summed E-state index contributed by atoms with van der Waals surface area (Å²) in [7, 11) is 1.86. The highest BCUT2D eigenvalue weighted by Crippen LogP contribution is 2.57. The third kappa shape index (κ3) is 2.54. The first-order chi connectivity index (χ1) is 11.3. The Hall–Kier alpha value is -2.11. The van der Waals surface area contributed by atoms with Crippen molar-refractivity contribution in [3.05, 3.63) is 28.6 Å². The summed E-state index contributed by atoms with van der Waals surface area (Å²) in [6, 6.07) is 0. The van der Waals surface area contributed by atoms with E-state index in [1.165, 1.54) is 11.1 Å². The molecule has 0 aromatic carbocycles. The third-order valence-electron chi connectivity index (χ3n) is 5.80. The van der Waals surface area contributed by atoms with Crippen LogP contribution in [-0.4, -0.2) is 26.8 Å². The van der Waals surface area contributed by atoms with Crippen LogP contribution in [0.15, 0.2) is 17.3 Å². The fraction of sp³-hybridized carbons (Fsp3) is 0.611.